The minimum Gasteiger partial charge on any atom is -0.481 e. The van der Waals surface area contributed by atoms with Gasteiger partial charge in [0.25, 0.3) is 0 Å². The molecule has 0 amide bonds. The Balaban J connectivity index is 0.975. The molecule has 8 heteroatoms. The molecule has 0 heterocycles. The van der Waals surface area contributed by atoms with Crippen molar-refractivity contribution in [1.29, 1.82) is 0 Å². The summed E-state index contributed by atoms with van der Waals surface area (Å²) in [6.45, 7) is 0.319. The highest BCUT2D eigenvalue weighted by Crippen LogP contribution is 2.46. The van der Waals surface area contributed by atoms with Gasteiger partial charge in [-0.05, 0) is 106 Å². The summed E-state index contributed by atoms with van der Waals surface area (Å²) in [5.41, 5.74) is 0. The Hall–Kier alpha value is -1.67. The summed E-state index contributed by atoms with van der Waals surface area (Å²) < 4.78 is 6.25. The number of carboxylic acid groups (broad SMARTS) is 2. The van der Waals surface area contributed by atoms with Crippen LogP contribution in [0.1, 0.15) is 154 Å². The number of aliphatic carboxylic acids is 2. The van der Waals surface area contributed by atoms with E-state index in [1.165, 1.54) is 70.6 Å². The molecule has 272 valence electrons. The van der Waals surface area contributed by atoms with Gasteiger partial charge in [0.15, 0.2) is 0 Å². The zero-order valence-electron chi connectivity index (χ0n) is 29.4. The van der Waals surface area contributed by atoms with Gasteiger partial charge < -0.3 is 14.9 Å². The van der Waals surface area contributed by atoms with E-state index < -0.39 is 23.8 Å². The molecule has 0 spiro atoms. The molecule has 0 aromatic carbocycles. The molecule has 10 atom stereocenters. The lowest BCUT2D eigenvalue weighted by atomic mass is 9.67. The second-order valence-electron chi connectivity index (χ2n) is 17.2. The van der Waals surface area contributed by atoms with E-state index in [0.717, 1.165) is 76.0 Å². The molecule has 6 fully saturated rings. The lowest BCUT2D eigenvalue weighted by Crippen LogP contribution is -2.47. The molecule has 6 rings (SSSR count). The molecule has 6 aliphatic rings. The van der Waals surface area contributed by atoms with Crippen molar-refractivity contribution in [3.05, 3.63) is 0 Å². The minimum atomic E-state index is -0.849. The molecule has 0 aromatic rings. The van der Waals surface area contributed by atoms with Crippen LogP contribution in [0.2, 0.25) is 0 Å². The molecule has 0 radical (unpaired) electrons. The summed E-state index contributed by atoms with van der Waals surface area (Å²) in [4.78, 5) is 50.3. The van der Waals surface area contributed by atoms with E-state index in [9.17, 15) is 24.6 Å². The van der Waals surface area contributed by atoms with Crippen molar-refractivity contribution in [2.75, 3.05) is 6.61 Å². The third kappa shape index (κ3) is 9.35. The summed E-state index contributed by atoms with van der Waals surface area (Å²) in [5.74, 6) is -0.620. The van der Waals surface area contributed by atoms with Crippen LogP contribution in [0.5, 0.6) is 0 Å². The number of carboxylic acids is 2. The summed E-state index contributed by atoms with van der Waals surface area (Å²) in [6, 6.07) is 0. The van der Waals surface area contributed by atoms with E-state index in [1.807, 2.05) is 0 Å². The zero-order chi connectivity index (χ0) is 33.5. The molecule has 8 nitrogen and oxygen atoms in total. The van der Waals surface area contributed by atoms with Crippen LogP contribution in [-0.4, -0.2) is 46.9 Å². The molecule has 0 aliphatic heterocycles. The number of fused-ring (bicyclic) bond motifs is 1. The number of rotatable bonds is 12. The molecule has 0 aromatic heterocycles. The molecule has 48 heavy (non-hydrogen) atoms. The highest BCUT2D eigenvalue weighted by molar-refractivity contribution is 5.81. The van der Waals surface area contributed by atoms with Crippen LogP contribution in [0.4, 0.5) is 0 Å². The second-order valence-corrected chi connectivity index (χ2v) is 17.2. The van der Waals surface area contributed by atoms with Gasteiger partial charge in [-0.25, -0.2) is 9.78 Å². The first-order valence-corrected chi connectivity index (χ1v) is 20.3. The van der Waals surface area contributed by atoms with E-state index in [1.54, 1.807) is 0 Å². The first kappa shape index (κ1) is 36.1. The van der Waals surface area contributed by atoms with Crippen LogP contribution < -0.4 is 0 Å². The largest absolute Gasteiger partial charge is 0.481 e. The monoisotopic (exact) mass is 672 g/mol. The Morgan fingerprint density at radius 1 is 0.500 bits per heavy atom. The smallest absolute Gasteiger partial charge is 0.310 e. The van der Waals surface area contributed by atoms with Gasteiger partial charge in [-0.1, -0.05) is 83.5 Å². The SMILES string of the molecule is O=C(O)C1CC(CC2CCCCC2)CCC1COOC1CCC(OC(=O)C2CCC(CC3CCCCC3)CC2C(=O)O)C2CCCCC12. The van der Waals surface area contributed by atoms with Crippen molar-refractivity contribution >= 4 is 17.9 Å². The fraction of sp³-hybridized carbons (Fsp3) is 0.925. The summed E-state index contributed by atoms with van der Waals surface area (Å²) in [6.07, 6.45) is 25.5. The highest BCUT2D eigenvalue weighted by Gasteiger charge is 2.47. The number of carbonyl (C=O) groups excluding carboxylic acids is 1. The minimum absolute atomic E-state index is 0.0236. The predicted molar refractivity (Wildman–Crippen MR) is 182 cm³/mol. The predicted octanol–water partition coefficient (Wildman–Crippen LogP) is 8.99. The zero-order valence-corrected chi connectivity index (χ0v) is 29.4. The topological polar surface area (TPSA) is 119 Å². The van der Waals surface area contributed by atoms with Gasteiger partial charge in [0, 0.05) is 5.92 Å². The number of esters is 1. The van der Waals surface area contributed by atoms with Gasteiger partial charge >= 0.3 is 17.9 Å². The molecule has 0 saturated heterocycles. The average Bonchev–Trinajstić information content (AvgIpc) is 3.10. The van der Waals surface area contributed by atoms with E-state index in [2.05, 4.69) is 0 Å². The maximum absolute atomic E-state index is 13.6. The Morgan fingerprint density at radius 3 is 1.62 bits per heavy atom. The number of hydrogen-bond acceptors (Lipinski definition) is 6. The Bertz CT molecular complexity index is 1050. The lowest BCUT2D eigenvalue weighted by molar-refractivity contribution is -0.352. The van der Waals surface area contributed by atoms with Crippen LogP contribution in [-0.2, 0) is 28.9 Å². The van der Waals surface area contributed by atoms with Crippen molar-refractivity contribution in [3.63, 3.8) is 0 Å². The molecular weight excluding hydrogens is 608 g/mol. The Morgan fingerprint density at radius 2 is 1.02 bits per heavy atom. The first-order chi connectivity index (χ1) is 23.4. The van der Waals surface area contributed by atoms with Crippen LogP contribution in [0.3, 0.4) is 0 Å². The lowest BCUT2D eigenvalue weighted by Gasteiger charge is -2.45. The van der Waals surface area contributed by atoms with Crippen molar-refractivity contribution in [2.45, 2.75) is 166 Å². The first-order valence-electron chi connectivity index (χ1n) is 20.3. The quantitative estimate of drug-likeness (QED) is 0.120. The highest BCUT2D eigenvalue weighted by atomic mass is 17.2. The van der Waals surface area contributed by atoms with Crippen molar-refractivity contribution in [3.8, 4) is 0 Å². The Kier molecular flexibility index (Phi) is 13.2. The van der Waals surface area contributed by atoms with Gasteiger partial charge in [0.2, 0.25) is 0 Å². The van der Waals surface area contributed by atoms with Crippen molar-refractivity contribution in [1.82, 2.24) is 0 Å². The normalized spacial score (nSPS) is 38.5. The number of hydrogen-bond donors (Lipinski definition) is 2. The third-order valence-corrected chi connectivity index (χ3v) is 14.1. The van der Waals surface area contributed by atoms with E-state index in [-0.39, 0.29) is 41.8 Å². The second kappa shape index (κ2) is 17.5. The maximum atomic E-state index is 13.6. The van der Waals surface area contributed by atoms with Gasteiger partial charge in [-0.15, -0.1) is 0 Å². The fourth-order valence-electron chi connectivity index (χ4n) is 11.4. The number of carbonyl (C=O) groups is 3. The molecule has 0 bridgehead atoms. The van der Waals surface area contributed by atoms with E-state index >= 15 is 0 Å². The summed E-state index contributed by atoms with van der Waals surface area (Å²) in [7, 11) is 0. The van der Waals surface area contributed by atoms with Crippen molar-refractivity contribution in [2.24, 2.45) is 59.2 Å². The van der Waals surface area contributed by atoms with Crippen molar-refractivity contribution < 1.29 is 39.1 Å². The van der Waals surface area contributed by atoms with Gasteiger partial charge in [-0.2, -0.15) is 0 Å². The molecular formula is C40H64O8. The van der Waals surface area contributed by atoms with E-state index in [0.29, 0.717) is 37.7 Å². The van der Waals surface area contributed by atoms with Gasteiger partial charge in [0.1, 0.15) is 6.10 Å². The van der Waals surface area contributed by atoms with Gasteiger partial charge in [-0.3, -0.25) is 14.4 Å². The Labute approximate surface area is 288 Å². The van der Waals surface area contributed by atoms with Crippen LogP contribution >= 0.6 is 0 Å². The molecule has 6 saturated carbocycles. The molecule has 10 unspecified atom stereocenters. The van der Waals surface area contributed by atoms with E-state index in [4.69, 9.17) is 14.5 Å². The standard InChI is InChI=1S/C40H64O8/c41-38(42)34-23-28(21-26-9-3-1-4-10-26)15-17-30(34)25-46-48-37-20-19-36(31-13-7-8-14-32(31)37)47-40(45)33-18-16-29(24-35(33)39(43)44)22-27-11-5-2-6-12-27/h26-37H,1-25H2,(H,41,42)(H,43,44). The number of ether oxygens (including phenoxy) is 1. The molecule has 6 aliphatic carbocycles. The van der Waals surface area contributed by atoms with Crippen LogP contribution in [0.25, 0.3) is 0 Å². The van der Waals surface area contributed by atoms with Crippen LogP contribution in [0.15, 0.2) is 0 Å². The third-order valence-electron chi connectivity index (χ3n) is 14.1. The summed E-state index contributed by atoms with van der Waals surface area (Å²) >= 11 is 0. The van der Waals surface area contributed by atoms with Crippen LogP contribution in [0, 0.1) is 59.2 Å². The summed E-state index contributed by atoms with van der Waals surface area (Å²) in [5, 5.41) is 20.2. The fourth-order valence-corrected chi connectivity index (χ4v) is 11.4. The maximum Gasteiger partial charge on any atom is 0.310 e. The van der Waals surface area contributed by atoms with Gasteiger partial charge in [0.05, 0.1) is 30.5 Å². The average molecular weight is 673 g/mol. The molecule has 2 N–H and O–H groups in total.